The zero-order valence-electron chi connectivity index (χ0n) is 21.7. The molecule has 2 aliphatic carbocycles. The Morgan fingerprint density at radius 1 is 1.21 bits per heavy atom. The van der Waals surface area contributed by atoms with E-state index in [-0.39, 0.29) is 16.7 Å². The molecule has 0 spiro atoms. The highest BCUT2D eigenvalue weighted by molar-refractivity contribution is 5.82. The molecule has 2 aromatic carbocycles. The normalized spacial score (nSPS) is 26.3. The van der Waals surface area contributed by atoms with Gasteiger partial charge >= 0.3 is 0 Å². The summed E-state index contributed by atoms with van der Waals surface area (Å²) in [6, 6.07) is 12.9. The lowest BCUT2D eigenvalue weighted by Crippen LogP contribution is -2.53. The van der Waals surface area contributed by atoms with Crippen LogP contribution in [0.1, 0.15) is 88.5 Å². The van der Waals surface area contributed by atoms with E-state index in [9.17, 15) is 4.79 Å². The van der Waals surface area contributed by atoms with E-state index in [0.29, 0.717) is 11.8 Å². The number of hydrogen-bond donors (Lipinski definition) is 1. The molecule has 0 aliphatic heterocycles. The van der Waals surface area contributed by atoms with Crippen molar-refractivity contribution >= 4 is 17.8 Å². The summed E-state index contributed by atoms with van der Waals surface area (Å²) >= 11 is 0. The maximum atomic E-state index is 11.7. The topological polar surface area (TPSA) is 50.7 Å². The highest BCUT2D eigenvalue weighted by Gasteiger charge is 2.51. The van der Waals surface area contributed by atoms with Crippen molar-refractivity contribution in [1.29, 1.82) is 0 Å². The van der Waals surface area contributed by atoms with E-state index >= 15 is 0 Å². The molecule has 0 aromatic heterocycles. The van der Waals surface area contributed by atoms with Gasteiger partial charge in [-0.1, -0.05) is 40.2 Å². The highest BCUT2D eigenvalue weighted by Crippen LogP contribution is 2.57. The largest absolute Gasteiger partial charge is 0.497 e. The summed E-state index contributed by atoms with van der Waals surface area (Å²) in [5.41, 5.74) is 6.68. The number of amides is 1. The number of ether oxygens (including phenoxy) is 1. The number of hydrogen-bond acceptors (Lipinski definition) is 3. The Bertz CT molecular complexity index is 1070. The first-order valence-electron chi connectivity index (χ1n) is 12.8. The third-order valence-electron chi connectivity index (χ3n) is 8.46. The van der Waals surface area contributed by atoms with Crippen LogP contribution in [0.15, 0.2) is 41.4 Å². The molecule has 1 amide bonds. The van der Waals surface area contributed by atoms with Gasteiger partial charge in [0.05, 0.1) is 12.8 Å². The fraction of sp³-hybridized carbons (Fsp3) is 0.533. The predicted molar refractivity (Wildman–Crippen MR) is 141 cm³/mol. The smallest absolute Gasteiger partial charge is 0.216 e. The van der Waals surface area contributed by atoms with E-state index in [0.717, 1.165) is 30.0 Å². The molecule has 1 saturated carbocycles. The van der Waals surface area contributed by atoms with Crippen LogP contribution in [0.2, 0.25) is 0 Å². The van der Waals surface area contributed by atoms with Crippen molar-refractivity contribution in [2.75, 3.05) is 13.7 Å². The van der Waals surface area contributed by atoms with E-state index in [1.165, 1.54) is 42.4 Å². The van der Waals surface area contributed by atoms with Crippen molar-refractivity contribution in [1.82, 2.24) is 5.32 Å². The lowest BCUT2D eigenvalue weighted by molar-refractivity contribution is -0.120. The SMILES string of the molecule is COc1ccc(C=Nc2cc3c(cc2C(C)C)CC[C@H]2[C@](C)(CNC(C)=O)CCC[C@]32C)cc1. The molecule has 4 heteroatoms. The second kappa shape index (κ2) is 9.56. The Hall–Kier alpha value is -2.62. The van der Waals surface area contributed by atoms with Crippen LogP contribution in [0.4, 0.5) is 5.69 Å². The number of fused-ring (bicyclic) bond motifs is 3. The first kappa shape index (κ1) is 24.5. The van der Waals surface area contributed by atoms with E-state index in [1.807, 2.05) is 30.5 Å². The number of nitrogens with zero attached hydrogens (tertiary/aromatic N) is 1. The summed E-state index contributed by atoms with van der Waals surface area (Å²) in [7, 11) is 1.69. The number of methoxy groups -OCH3 is 1. The maximum Gasteiger partial charge on any atom is 0.216 e. The fourth-order valence-electron chi connectivity index (χ4n) is 6.60. The number of carbonyl (C=O) groups is 1. The molecule has 0 saturated heterocycles. The molecule has 34 heavy (non-hydrogen) atoms. The minimum atomic E-state index is 0.0708. The lowest BCUT2D eigenvalue weighted by atomic mass is 9.49. The molecule has 1 N–H and O–H groups in total. The number of aryl methyl sites for hydroxylation is 1. The number of benzene rings is 2. The van der Waals surface area contributed by atoms with E-state index in [1.54, 1.807) is 14.0 Å². The van der Waals surface area contributed by atoms with Crippen LogP contribution in [0, 0.1) is 11.3 Å². The van der Waals surface area contributed by atoms with Crippen LogP contribution in [-0.2, 0) is 16.6 Å². The minimum absolute atomic E-state index is 0.0708. The molecular formula is C30H40N2O2. The average Bonchev–Trinajstić information content (AvgIpc) is 2.81. The van der Waals surface area contributed by atoms with Crippen molar-refractivity contribution in [2.24, 2.45) is 16.3 Å². The van der Waals surface area contributed by atoms with Gasteiger partial charge in [0, 0.05) is 19.7 Å². The zero-order valence-corrected chi connectivity index (χ0v) is 21.7. The Morgan fingerprint density at radius 3 is 2.59 bits per heavy atom. The summed E-state index contributed by atoms with van der Waals surface area (Å²) in [6.45, 7) is 11.8. The van der Waals surface area contributed by atoms with Gasteiger partial charge in [-0.25, -0.2) is 0 Å². The van der Waals surface area contributed by atoms with Gasteiger partial charge < -0.3 is 10.1 Å². The lowest BCUT2D eigenvalue weighted by Gasteiger charge is -2.55. The molecule has 4 rings (SSSR count). The number of carbonyl (C=O) groups excluding carboxylic acids is 1. The van der Waals surface area contributed by atoms with E-state index in [4.69, 9.17) is 9.73 Å². The predicted octanol–water partition coefficient (Wildman–Crippen LogP) is 6.72. The third kappa shape index (κ3) is 4.64. The van der Waals surface area contributed by atoms with Gasteiger partial charge in [0.1, 0.15) is 5.75 Å². The average molecular weight is 461 g/mol. The van der Waals surface area contributed by atoms with Crippen LogP contribution < -0.4 is 10.1 Å². The molecular weight excluding hydrogens is 420 g/mol. The Kier molecular flexibility index (Phi) is 6.89. The van der Waals surface area contributed by atoms with Crippen LogP contribution >= 0.6 is 0 Å². The molecule has 1 fully saturated rings. The number of rotatable bonds is 6. The third-order valence-corrected chi connectivity index (χ3v) is 8.46. The zero-order chi connectivity index (χ0) is 24.5. The molecule has 0 bridgehead atoms. The summed E-state index contributed by atoms with van der Waals surface area (Å²) < 4.78 is 5.29. The molecule has 3 atom stereocenters. The number of nitrogens with one attached hydrogen (secondary N) is 1. The molecule has 2 aromatic rings. The van der Waals surface area contributed by atoms with E-state index in [2.05, 4.69) is 45.1 Å². The molecule has 0 radical (unpaired) electrons. The Morgan fingerprint density at radius 2 is 1.94 bits per heavy atom. The van der Waals surface area contributed by atoms with Crippen molar-refractivity contribution in [3.8, 4) is 5.75 Å². The van der Waals surface area contributed by atoms with Crippen LogP contribution in [0.5, 0.6) is 5.75 Å². The first-order chi connectivity index (χ1) is 16.2. The van der Waals surface area contributed by atoms with Gasteiger partial charge in [-0.2, -0.15) is 0 Å². The number of aliphatic imine (C=N–C) groups is 1. The second-order valence-corrected chi connectivity index (χ2v) is 11.2. The highest BCUT2D eigenvalue weighted by atomic mass is 16.5. The fourth-order valence-corrected chi connectivity index (χ4v) is 6.60. The molecule has 182 valence electrons. The van der Waals surface area contributed by atoms with Gasteiger partial charge in [-0.3, -0.25) is 9.79 Å². The Balaban J connectivity index is 1.72. The monoisotopic (exact) mass is 460 g/mol. The molecule has 0 unspecified atom stereocenters. The summed E-state index contributed by atoms with van der Waals surface area (Å²) in [5.74, 6) is 1.89. The van der Waals surface area contributed by atoms with Crippen molar-refractivity contribution < 1.29 is 9.53 Å². The first-order valence-corrected chi connectivity index (χ1v) is 12.8. The quantitative estimate of drug-likeness (QED) is 0.487. The van der Waals surface area contributed by atoms with Gasteiger partial charge in [-0.15, -0.1) is 0 Å². The van der Waals surface area contributed by atoms with Gasteiger partial charge in [0.15, 0.2) is 0 Å². The van der Waals surface area contributed by atoms with E-state index < -0.39 is 0 Å². The molecule has 4 nitrogen and oxygen atoms in total. The standard InChI is InChI=1S/C30H40N2O2/c1-20(2)25-16-23-10-13-28-29(4,19-32-21(3)33)14-7-15-30(28,5)26(23)17-27(25)31-18-22-8-11-24(34-6)12-9-22/h8-9,11-12,16-18,20,28H,7,10,13-15,19H2,1-6H3,(H,32,33)/t28-,29-,30+/m0/s1. The van der Waals surface area contributed by atoms with Gasteiger partial charge in [0.2, 0.25) is 5.91 Å². The van der Waals surface area contributed by atoms with Gasteiger partial charge in [0.25, 0.3) is 0 Å². The van der Waals surface area contributed by atoms with Crippen molar-refractivity contribution in [2.45, 2.75) is 78.1 Å². The van der Waals surface area contributed by atoms with Crippen molar-refractivity contribution in [3.05, 3.63) is 58.7 Å². The van der Waals surface area contributed by atoms with Crippen LogP contribution in [-0.4, -0.2) is 25.8 Å². The van der Waals surface area contributed by atoms with Crippen LogP contribution in [0.3, 0.4) is 0 Å². The van der Waals surface area contributed by atoms with Crippen LogP contribution in [0.25, 0.3) is 0 Å². The second-order valence-electron chi connectivity index (χ2n) is 11.2. The van der Waals surface area contributed by atoms with Crippen molar-refractivity contribution in [3.63, 3.8) is 0 Å². The maximum absolute atomic E-state index is 11.7. The minimum Gasteiger partial charge on any atom is -0.497 e. The summed E-state index contributed by atoms with van der Waals surface area (Å²) in [5, 5.41) is 3.14. The summed E-state index contributed by atoms with van der Waals surface area (Å²) in [6.07, 6.45) is 7.83. The molecule has 2 aliphatic rings. The molecule has 0 heterocycles. The Labute approximate surface area is 205 Å². The van der Waals surface area contributed by atoms with Gasteiger partial charge in [-0.05, 0) is 101 Å². The summed E-state index contributed by atoms with van der Waals surface area (Å²) in [4.78, 5) is 16.7.